The molecule has 1 aliphatic rings. The smallest absolute Gasteiger partial charge is 0.191 e. The Balaban J connectivity index is 2.07. The highest BCUT2D eigenvalue weighted by Gasteiger charge is 2.44. The zero-order valence-corrected chi connectivity index (χ0v) is 11.9. The van der Waals surface area contributed by atoms with Gasteiger partial charge in [-0.2, -0.15) is 5.10 Å². The Bertz CT molecular complexity index is 665. The number of rotatable bonds is 3. The molecule has 0 aromatic carbocycles. The average Bonchev–Trinajstić information content (AvgIpc) is 3.02. The van der Waals surface area contributed by atoms with Gasteiger partial charge in [0.2, 0.25) is 0 Å². The van der Waals surface area contributed by atoms with Crippen LogP contribution in [0, 0.1) is 0 Å². The first-order chi connectivity index (χ1) is 10.1. The summed E-state index contributed by atoms with van der Waals surface area (Å²) in [5, 5.41) is 34.1. The summed E-state index contributed by atoms with van der Waals surface area (Å²) in [5.41, 5.74) is 6.25. The molecule has 2 aromatic heterocycles. The minimum absolute atomic E-state index is 0.280. The second kappa shape index (κ2) is 5.39. The Hall–Kier alpha value is -1.46. The minimum Gasteiger partial charge on any atom is -0.394 e. The lowest BCUT2D eigenvalue weighted by molar-refractivity contribution is -0.0566. The number of aliphatic hydroxyl groups excluding tert-OH is 3. The van der Waals surface area contributed by atoms with E-state index in [-0.39, 0.29) is 5.82 Å². The van der Waals surface area contributed by atoms with Crippen LogP contribution in [0.25, 0.3) is 11.0 Å². The molecule has 3 rings (SSSR count). The molecule has 1 aliphatic heterocycles. The van der Waals surface area contributed by atoms with Crippen LogP contribution in [0.3, 0.4) is 0 Å². The number of anilines is 1. The number of hydrogen-bond acceptors (Lipinski definition) is 9. The number of nitrogen functional groups attached to an aromatic ring is 1. The third-order valence-corrected chi connectivity index (χ3v) is 3.95. The Labute approximate surface area is 123 Å². The van der Waals surface area contributed by atoms with Gasteiger partial charge < -0.3 is 25.8 Å². The second-order valence-electron chi connectivity index (χ2n) is 4.65. The van der Waals surface area contributed by atoms with Crippen molar-refractivity contribution in [3.8, 4) is 0 Å². The van der Waals surface area contributed by atoms with Gasteiger partial charge in [0.25, 0.3) is 0 Å². The molecule has 10 heteroatoms. The van der Waals surface area contributed by atoms with Crippen LogP contribution in [0.2, 0.25) is 0 Å². The number of fused-ring (bicyclic) bond motifs is 1. The first-order valence-corrected chi connectivity index (χ1v) is 7.46. The molecule has 1 saturated heterocycles. The number of nitrogens with two attached hydrogens (primary N) is 1. The Kier molecular flexibility index (Phi) is 3.71. The third-order valence-electron chi connectivity index (χ3n) is 3.40. The van der Waals surface area contributed by atoms with Gasteiger partial charge in [-0.1, -0.05) is 11.8 Å². The Morgan fingerprint density at radius 2 is 2.14 bits per heavy atom. The van der Waals surface area contributed by atoms with Crippen molar-refractivity contribution in [3.63, 3.8) is 0 Å². The van der Waals surface area contributed by atoms with Gasteiger partial charge in [-0.15, -0.1) is 0 Å². The van der Waals surface area contributed by atoms with Crippen molar-refractivity contribution < 1.29 is 20.1 Å². The van der Waals surface area contributed by atoms with Gasteiger partial charge in [0.1, 0.15) is 24.1 Å². The molecule has 9 nitrogen and oxygen atoms in total. The number of thioether (sulfide) groups is 1. The van der Waals surface area contributed by atoms with Crippen molar-refractivity contribution in [1.82, 2.24) is 19.7 Å². The van der Waals surface area contributed by atoms with Crippen LogP contribution in [0.1, 0.15) is 6.23 Å². The third kappa shape index (κ3) is 2.24. The van der Waals surface area contributed by atoms with Crippen molar-refractivity contribution in [2.24, 2.45) is 0 Å². The van der Waals surface area contributed by atoms with Gasteiger partial charge in [0, 0.05) is 0 Å². The van der Waals surface area contributed by atoms with Gasteiger partial charge in [0.15, 0.2) is 17.0 Å². The molecule has 114 valence electrons. The topological polar surface area (TPSA) is 140 Å². The first kappa shape index (κ1) is 14.5. The second-order valence-corrected chi connectivity index (χ2v) is 5.42. The molecule has 0 radical (unpaired) electrons. The van der Waals surface area contributed by atoms with Crippen molar-refractivity contribution in [2.45, 2.75) is 29.7 Å². The first-order valence-electron chi connectivity index (χ1n) is 6.24. The van der Waals surface area contributed by atoms with Crippen LogP contribution in [-0.4, -0.2) is 66.2 Å². The van der Waals surface area contributed by atoms with Crippen molar-refractivity contribution in [2.75, 3.05) is 18.6 Å². The lowest BCUT2D eigenvalue weighted by Crippen LogP contribution is -2.33. The standard InChI is InChI=1S/C11H15N5O4S/c1-21-11-14-8(12)4-2-13-16(9(4)15-11)10-7(19)6(18)5(3-17)20-10/h2,5-7,10,17-19H,3H2,1H3,(H2,12,14,15)/t5-,6+,7+,10+/m0/s1. The summed E-state index contributed by atoms with van der Waals surface area (Å²) in [7, 11) is 0. The van der Waals surface area contributed by atoms with Gasteiger partial charge in [-0.3, -0.25) is 0 Å². The number of hydrogen-bond donors (Lipinski definition) is 4. The average molecular weight is 313 g/mol. The fraction of sp³-hybridized carbons (Fsp3) is 0.545. The molecule has 0 aliphatic carbocycles. The molecule has 2 aromatic rings. The summed E-state index contributed by atoms with van der Waals surface area (Å²) in [6.07, 6.45) is -0.947. The van der Waals surface area contributed by atoms with Crippen LogP contribution >= 0.6 is 11.8 Å². The zero-order valence-electron chi connectivity index (χ0n) is 11.1. The molecular weight excluding hydrogens is 298 g/mol. The van der Waals surface area contributed by atoms with Gasteiger partial charge in [0.05, 0.1) is 18.2 Å². The highest BCUT2D eigenvalue weighted by atomic mass is 32.2. The fourth-order valence-electron chi connectivity index (χ4n) is 2.29. The molecule has 3 heterocycles. The van der Waals surface area contributed by atoms with Crippen molar-refractivity contribution >= 4 is 28.6 Å². The Morgan fingerprint density at radius 1 is 1.38 bits per heavy atom. The molecule has 4 atom stereocenters. The van der Waals surface area contributed by atoms with Crippen molar-refractivity contribution in [1.29, 1.82) is 0 Å². The monoisotopic (exact) mass is 313 g/mol. The summed E-state index contributed by atoms with van der Waals surface area (Å²) < 4.78 is 6.79. The molecule has 0 saturated carbocycles. The van der Waals surface area contributed by atoms with E-state index in [1.807, 2.05) is 6.26 Å². The molecule has 5 N–H and O–H groups in total. The zero-order chi connectivity index (χ0) is 15.1. The summed E-state index contributed by atoms with van der Waals surface area (Å²) >= 11 is 1.32. The van der Waals surface area contributed by atoms with Crippen LogP contribution in [-0.2, 0) is 4.74 Å². The van der Waals surface area contributed by atoms with Gasteiger partial charge >= 0.3 is 0 Å². The van der Waals surface area contributed by atoms with E-state index < -0.39 is 31.1 Å². The predicted molar refractivity (Wildman–Crippen MR) is 74.5 cm³/mol. The maximum absolute atomic E-state index is 10.1. The number of nitrogens with zero attached hydrogens (tertiary/aromatic N) is 4. The van der Waals surface area contributed by atoms with E-state index in [1.165, 1.54) is 22.6 Å². The largest absolute Gasteiger partial charge is 0.394 e. The van der Waals surface area contributed by atoms with Gasteiger partial charge in [-0.25, -0.2) is 14.6 Å². The van der Waals surface area contributed by atoms with Crippen LogP contribution < -0.4 is 5.73 Å². The van der Waals surface area contributed by atoms with E-state index in [2.05, 4.69) is 15.1 Å². The number of ether oxygens (including phenoxy) is 1. The van der Waals surface area contributed by atoms with Crippen molar-refractivity contribution in [3.05, 3.63) is 6.20 Å². The van der Waals surface area contributed by atoms with E-state index in [9.17, 15) is 10.2 Å². The lowest BCUT2D eigenvalue weighted by Gasteiger charge is -2.15. The van der Waals surface area contributed by atoms with E-state index in [1.54, 1.807) is 0 Å². The molecule has 0 bridgehead atoms. The van der Waals surface area contributed by atoms with Gasteiger partial charge in [-0.05, 0) is 6.26 Å². The van der Waals surface area contributed by atoms with E-state index in [0.717, 1.165) is 0 Å². The summed E-state index contributed by atoms with van der Waals surface area (Å²) in [6, 6.07) is 0. The van der Waals surface area contributed by atoms with Crippen LogP contribution in [0.15, 0.2) is 11.4 Å². The summed E-state index contributed by atoms with van der Waals surface area (Å²) in [6.45, 7) is -0.402. The highest BCUT2D eigenvalue weighted by Crippen LogP contribution is 2.32. The Morgan fingerprint density at radius 3 is 2.76 bits per heavy atom. The molecule has 21 heavy (non-hydrogen) atoms. The summed E-state index contributed by atoms with van der Waals surface area (Å²) in [4.78, 5) is 8.41. The van der Waals surface area contributed by atoms with Crippen LogP contribution in [0.4, 0.5) is 5.82 Å². The van der Waals surface area contributed by atoms with Crippen LogP contribution in [0.5, 0.6) is 0 Å². The molecule has 0 amide bonds. The quantitative estimate of drug-likeness (QED) is 0.404. The van der Waals surface area contributed by atoms with E-state index in [0.29, 0.717) is 16.2 Å². The normalized spacial score (nSPS) is 29.3. The van der Waals surface area contributed by atoms with E-state index in [4.69, 9.17) is 15.6 Å². The van der Waals surface area contributed by atoms with E-state index >= 15 is 0 Å². The SMILES string of the molecule is CSc1nc(N)c2cnn([C@@H]3O[C@@H](CO)[C@@H](O)[C@H]3O)c2n1. The molecule has 0 spiro atoms. The minimum atomic E-state index is -1.22. The summed E-state index contributed by atoms with van der Waals surface area (Å²) in [5.74, 6) is 0.280. The fourth-order valence-corrected chi connectivity index (χ4v) is 2.65. The molecule has 0 unspecified atom stereocenters. The number of aliphatic hydroxyl groups is 3. The molecular formula is C11H15N5O4S. The number of aromatic nitrogens is 4. The molecule has 1 fully saturated rings. The predicted octanol–water partition coefficient (Wildman–Crippen LogP) is -1.26. The maximum Gasteiger partial charge on any atom is 0.191 e. The maximum atomic E-state index is 10.1. The lowest BCUT2D eigenvalue weighted by atomic mass is 10.1. The highest BCUT2D eigenvalue weighted by molar-refractivity contribution is 7.98.